The van der Waals surface area contributed by atoms with E-state index in [1.807, 2.05) is 58.0 Å². The van der Waals surface area contributed by atoms with Crippen molar-refractivity contribution >= 4 is 17.9 Å². The Balaban J connectivity index is 1.86. The maximum absolute atomic E-state index is 13.0. The molecular formula is C22H33N3O4. The van der Waals surface area contributed by atoms with Crippen LogP contribution in [0, 0.1) is 11.8 Å². The van der Waals surface area contributed by atoms with Crippen molar-refractivity contribution in [1.82, 2.24) is 15.5 Å². The lowest BCUT2D eigenvalue weighted by atomic mass is 9.94. The normalized spacial score (nSPS) is 15.9. The van der Waals surface area contributed by atoms with Gasteiger partial charge in [-0.3, -0.25) is 9.59 Å². The monoisotopic (exact) mass is 403 g/mol. The summed E-state index contributed by atoms with van der Waals surface area (Å²) in [4.78, 5) is 39.1. The van der Waals surface area contributed by atoms with Crippen LogP contribution in [0.15, 0.2) is 30.3 Å². The molecule has 29 heavy (non-hydrogen) atoms. The van der Waals surface area contributed by atoms with Gasteiger partial charge in [-0.05, 0) is 38.2 Å². The predicted octanol–water partition coefficient (Wildman–Crippen LogP) is 2.70. The number of nitrogens with one attached hydrogen (secondary N) is 2. The zero-order chi connectivity index (χ0) is 21.4. The first-order chi connectivity index (χ1) is 13.8. The summed E-state index contributed by atoms with van der Waals surface area (Å²) in [5, 5.41) is 5.65. The van der Waals surface area contributed by atoms with Crippen LogP contribution in [0.4, 0.5) is 4.79 Å². The lowest BCUT2D eigenvalue weighted by Crippen LogP contribution is -2.53. The van der Waals surface area contributed by atoms with E-state index in [-0.39, 0.29) is 36.3 Å². The second-order valence-electron chi connectivity index (χ2n) is 8.19. The number of ether oxygens (including phenoxy) is 1. The third kappa shape index (κ3) is 7.07. The van der Waals surface area contributed by atoms with Gasteiger partial charge in [0, 0.05) is 25.0 Å². The standard InChI is InChI=1S/C22H33N3O4/c1-15(2)19(24-22(28)29-14-17-8-6-5-7-9-17)21(27)25-12-10-18(11-13-25)20(26)23-16(3)4/h5-9,15-16,18-19H,10-14H2,1-4H3,(H,23,26)(H,24,28)/t19-/m0/s1. The van der Waals surface area contributed by atoms with Crippen LogP contribution in [-0.2, 0) is 20.9 Å². The van der Waals surface area contributed by atoms with E-state index in [1.165, 1.54) is 0 Å². The third-order valence-corrected chi connectivity index (χ3v) is 5.03. The van der Waals surface area contributed by atoms with Gasteiger partial charge in [0.05, 0.1) is 0 Å². The van der Waals surface area contributed by atoms with Gasteiger partial charge < -0.3 is 20.3 Å². The Morgan fingerprint density at radius 1 is 1.03 bits per heavy atom. The Labute approximate surface area is 173 Å². The van der Waals surface area contributed by atoms with Crippen molar-refractivity contribution in [1.29, 1.82) is 0 Å². The molecule has 1 atom stereocenters. The number of rotatable bonds is 7. The molecule has 1 aromatic carbocycles. The lowest BCUT2D eigenvalue weighted by Gasteiger charge is -2.35. The summed E-state index contributed by atoms with van der Waals surface area (Å²) in [6.07, 6.45) is 0.660. The molecule has 0 bridgehead atoms. The number of piperidine rings is 1. The molecule has 7 nitrogen and oxygen atoms in total. The van der Waals surface area contributed by atoms with Crippen molar-refractivity contribution in [3.05, 3.63) is 35.9 Å². The molecule has 1 aliphatic rings. The first-order valence-corrected chi connectivity index (χ1v) is 10.3. The summed E-state index contributed by atoms with van der Waals surface area (Å²) >= 11 is 0. The van der Waals surface area contributed by atoms with Gasteiger partial charge in [0.1, 0.15) is 12.6 Å². The van der Waals surface area contributed by atoms with Gasteiger partial charge in [-0.2, -0.15) is 0 Å². The quantitative estimate of drug-likeness (QED) is 0.733. The molecule has 1 aromatic rings. The Kier molecular flexibility index (Phi) is 8.49. The van der Waals surface area contributed by atoms with Crippen molar-refractivity contribution in [2.24, 2.45) is 11.8 Å². The highest BCUT2D eigenvalue weighted by molar-refractivity contribution is 5.86. The van der Waals surface area contributed by atoms with Crippen molar-refractivity contribution < 1.29 is 19.1 Å². The summed E-state index contributed by atoms with van der Waals surface area (Å²) in [6.45, 7) is 8.84. The molecule has 0 saturated carbocycles. The van der Waals surface area contributed by atoms with E-state index in [9.17, 15) is 14.4 Å². The largest absolute Gasteiger partial charge is 0.445 e. The van der Waals surface area contributed by atoms with Crippen LogP contribution in [0.3, 0.4) is 0 Å². The van der Waals surface area contributed by atoms with Gasteiger partial charge in [-0.15, -0.1) is 0 Å². The fourth-order valence-corrected chi connectivity index (χ4v) is 3.37. The third-order valence-electron chi connectivity index (χ3n) is 5.03. The van der Waals surface area contributed by atoms with Crippen molar-refractivity contribution in [2.45, 2.75) is 59.2 Å². The van der Waals surface area contributed by atoms with E-state index in [0.717, 1.165) is 5.56 Å². The molecule has 7 heteroatoms. The van der Waals surface area contributed by atoms with Crippen LogP contribution < -0.4 is 10.6 Å². The van der Waals surface area contributed by atoms with Gasteiger partial charge in [0.15, 0.2) is 0 Å². The smallest absolute Gasteiger partial charge is 0.408 e. The van der Waals surface area contributed by atoms with Gasteiger partial charge in [0.2, 0.25) is 11.8 Å². The second-order valence-corrected chi connectivity index (χ2v) is 8.19. The summed E-state index contributed by atoms with van der Waals surface area (Å²) in [5.74, 6) is -0.217. The number of likely N-dealkylation sites (tertiary alicyclic amines) is 1. The molecule has 2 rings (SSSR count). The van der Waals surface area contributed by atoms with Crippen molar-refractivity contribution in [3.8, 4) is 0 Å². The maximum atomic E-state index is 13.0. The van der Waals surface area contributed by atoms with E-state index in [2.05, 4.69) is 10.6 Å². The fourth-order valence-electron chi connectivity index (χ4n) is 3.37. The highest BCUT2D eigenvalue weighted by atomic mass is 16.5. The number of amides is 3. The van der Waals surface area contributed by atoms with Gasteiger partial charge in [0.25, 0.3) is 0 Å². The molecule has 0 aromatic heterocycles. The second kappa shape index (κ2) is 10.8. The zero-order valence-corrected chi connectivity index (χ0v) is 17.8. The Bertz CT molecular complexity index is 683. The molecule has 1 saturated heterocycles. The van der Waals surface area contributed by atoms with Gasteiger partial charge in [-0.25, -0.2) is 4.79 Å². The number of hydrogen-bond donors (Lipinski definition) is 2. The minimum atomic E-state index is -0.653. The highest BCUT2D eigenvalue weighted by Gasteiger charge is 2.33. The molecule has 0 aliphatic carbocycles. The Morgan fingerprint density at radius 2 is 1.66 bits per heavy atom. The highest BCUT2D eigenvalue weighted by Crippen LogP contribution is 2.19. The molecule has 3 amide bonds. The lowest BCUT2D eigenvalue weighted by molar-refractivity contribution is -0.138. The average molecular weight is 404 g/mol. The van der Waals surface area contributed by atoms with E-state index in [1.54, 1.807) is 4.90 Å². The summed E-state index contributed by atoms with van der Waals surface area (Å²) in [5.41, 5.74) is 0.886. The number of benzene rings is 1. The molecule has 160 valence electrons. The van der Waals surface area contributed by atoms with Crippen LogP contribution in [0.25, 0.3) is 0 Å². The number of alkyl carbamates (subject to hydrolysis) is 1. The number of hydrogen-bond acceptors (Lipinski definition) is 4. The topological polar surface area (TPSA) is 87.7 Å². The number of carbonyl (C=O) groups is 3. The van der Waals surface area contributed by atoms with Gasteiger partial charge in [-0.1, -0.05) is 44.2 Å². The zero-order valence-electron chi connectivity index (χ0n) is 17.8. The molecule has 0 spiro atoms. The Hall–Kier alpha value is -2.57. The van der Waals surface area contributed by atoms with E-state index < -0.39 is 12.1 Å². The maximum Gasteiger partial charge on any atom is 0.408 e. The van der Waals surface area contributed by atoms with E-state index in [4.69, 9.17) is 4.74 Å². The predicted molar refractivity (Wildman–Crippen MR) is 111 cm³/mol. The van der Waals surface area contributed by atoms with Crippen LogP contribution in [0.2, 0.25) is 0 Å². The first kappa shape index (κ1) is 22.7. The molecule has 1 heterocycles. The molecular weight excluding hydrogens is 370 g/mol. The average Bonchev–Trinajstić information content (AvgIpc) is 2.70. The summed E-state index contributed by atoms with van der Waals surface area (Å²) < 4.78 is 5.26. The van der Waals surface area contributed by atoms with E-state index >= 15 is 0 Å². The minimum absolute atomic E-state index is 0.0510. The summed E-state index contributed by atoms with van der Waals surface area (Å²) in [7, 11) is 0. The molecule has 0 radical (unpaired) electrons. The van der Waals surface area contributed by atoms with Crippen LogP contribution >= 0.6 is 0 Å². The number of carbonyl (C=O) groups excluding carboxylic acids is 3. The minimum Gasteiger partial charge on any atom is -0.445 e. The molecule has 0 unspecified atom stereocenters. The van der Waals surface area contributed by atoms with E-state index in [0.29, 0.717) is 25.9 Å². The SMILES string of the molecule is CC(C)NC(=O)C1CCN(C(=O)[C@@H](NC(=O)OCc2ccccc2)C(C)C)CC1. The summed E-state index contributed by atoms with van der Waals surface area (Å²) in [6, 6.07) is 8.85. The fraction of sp³-hybridized carbons (Fsp3) is 0.591. The van der Waals surface area contributed by atoms with Crippen LogP contribution in [-0.4, -0.2) is 48.0 Å². The number of nitrogens with zero attached hydrogens (tertiary/aromatic N) is 1. The van der Waals surface area contributed by atoms with Crippen LogP contribution in [0.1, 0.15) is 46.1 Å². The van der Waals surface area contributed by atoms with Crippen molar-refractivity contribution in [2.75, 3.05) is 13.1 Å². The van der Waals surface area contributed by atoms with Crippen molar-refractivity contribution in [3.63, 3.8) is 0 Å². The van der Waals surface area contributed by atoms with Gasteiger partial charge >= 0.3 is 6.09 Å². The molecule has 1 aliphatic heterocycles. The van der Waals surface area contributed by atoms with Crippen LogP contribution in [0.5, 0.6) is 0 Å². The molecule has 2 N–H and O–H groups in total. The molecule has 1 fully saturated rings. The first-order valence-electron chi connectivity index (χ1n) is 10.3. The Morgan fingerprint density at radius 3 is 2.21 bits per heavy atom.